The van der Waals surface area contributed by atoms with Crippen LogP contribution in [0.25, 0.3) is 0 Å². The highest BCUT2D eigenvalue weighted by molar-refractivity contribution is 6.14. The molecule has 1 unspecified atom stereocenters. The highest BCUT2D eigenvalue weighted by atomic mass is 19.4. The van der Waals surface area contributed by atoms with Crippen LogP contribution in [-0.4, -0.2) is 75.0 Å². The maximum Gasteiger partial charge on any atom is 0.401 e. The first-order valence-corrected chi connectivity index (χ1v) is 11.5. The third-order valence-corrected chi connectivity index (χ3v) is 5.84. The second kappa shape index (κ2) is 11.1. The molecule has 1 aromatic carbocycles. The molecule has 1 saturated heterocycles. The Kier molecular flexibility index (Phi) is 8.47. The maximum atomic E-state index is 14.9. The number of hydrazine groups is 1. The summed E-state index contributed by atoms with van der Waals surface area (Å²) in [6, 6.07) is 2.73. The van der Waals surface area contributed by atoms with Crippen molar-refractivity contribution in [1.82, 2.24) is 10.3 Å². The second-order valence-electron chi connectivity index (χ2n) is 8.32. The minimum absolute atomic E-state index is 0.0808. The Morgan fingerprint density at radius 1 is 1.09 bits per heavy atom. The number of hydrogen-bond donors (Lipinski definition) is 1. The van der Waals surface area contributed by atoms with E-state index in [9.17, 15) is 27.2 Å². The van der Waals surface area contributed by atoms with Crippen molar-refractivity contribution >= 4 is 23.3 Å². The first-order valence-electron chi connectivity index (χ1n) is 11.5. The third-order valence-electron chi connectivity index (χ3n) is 5.84. The molecule has 35 heavy (non-hydrogen) atoms. The smallest absolute Gasteiger partial charge is 0.401 e. The van der Waals surface area contributed by atoms with Gasteiger partial charge in [0, 0.05) is 37.9 Å². The Labute approximate surface area is 201 Å². The van der Waals surface area contributed by atoms with E-state index in [1.807, 2.05) is 6.92 Å². The van der Waals surface area contributed by atoms with Gasteiger partial charge in [0.1, 0.15) is 5.82 Å². The van der Waals surface area contributed by atoms with Crippen LogP contribution in [0.4, 0.5) is 28.9 Å². The van der Waals surface area contributed by atoms with E-state index in [0.29, 0.717) is 23.4 Å². The average Bonchev–Trinajstić information content (AvgIpc) is 3.09. The van der Waals surface area contributed by atoms with Crippen molar-refractivity contribution in [2.75, 3.05) is 55.8 Å². The molecule has 12 heteroatoms. The normalized spacial score (nSPS) is 18.2. The van der Waals surface area contributed by atoms with Crippen molar-refractivity contribution in [3.05, 3.63) is 35.3 Å². The number of carbonyl (C=O) groups is 2. The van der Waals surface area contributed by atoms with Crippen LogP contribution < -0.4 is 15.3 Å². The molecule has 0 amide bonds. The molecule has 0 aromatic heterocycles. The fourth-order valence-corrected chi connectivity index (χ4v) is 4.32. The Hall–Kier alpha value is -3.02. The number of anilines is 2. The molecule has 1 fully saturated rings. The van der Waals surface area contributed by atoms with Crippen LogP contribution in [0, 0.1) is 5.82 Å². The molecule has 0 radical (unpaired) electrons. The van der Waals surface area contributed by atoms with E-state index in [0.717, 1.165) is 0 Å². The molecule has 1 aromatic rings. The summed E-state index contributed by atoms with van der Waals surface area (Å²) in [5.74, 6) is -2.11. The number of hydrogen-bond acceptors (Lipinski definition) is 8. The van der Waals surface area contributed by atoms with Crippen molar-refractivity contribution in [2.24, 2.45) is 0 Å². The van der Waals surface area contributed by atoms with Crippen molar-refractivity contribution < 1.29 is 36.6 Å². The van der Waals surface area contributed by atoms with Crippen LogP contribution >= 0.6 is 0 Å². The molecule has 2 aliphatic rings. The van der Waals surface area contributed by atoms with Crippen LogP contribution in [0.3, 0.4) is 0 Å². The zero-order valence-corrected chi connectivity index (χ0v) is 20.0. The topological polar surface area (TPSA) is 74.4 Å². The van der Waals surface area contributed by atoms with Gasteiger partial charge in [0.2, 0.25) is 0 Å². The van der Waals surface area contributed by atoms with Gasteiger partial charge in [0.15, 0.2) is 5.57 Å². The summed E-state index contributed by atoms with van der Waals surface area (Å²) in [5, 5.41) is 1.70. The van der Waals surface area contributed by atoms with Crippen LogP contribution in [0.2, 0.25) is 0 Å². The van der Waals surface area contributed by atoms with Crippen molar-refractivity contribution in [2.45, 2.75) is 39.4 Å². The summed E-state index contributed by atoms with van der Waals surface area (Å²) in [7, 11) is 0. The highest BCUT2D eigenvalue weighted by Gasteiger charge is 2.35. The molecular weight excluding hydrogens is 472 g/mol. The fraction of sp³-hybridized carbons (Fsp3) is 0.565. The minimum Gasteiger partial charge on any atom is -0.462 e. The zero-order chi connectivity index (χ0) is 25.8. The predicted molar refractivity (Wildman–Crippen MR) is 121 cm³/mol. The van der Waals surface area contributed by atoms with E-state index in [2.05, 4.69) is 5.43 Å². The Morgan fingerprint density at radius 2 is 1.69 bits per heavy atom. The summed E-state index contributed by atoms with van der Waals surface area (Å²) in [4.78, 5) is 27.5. The summed E-state index contributed by atoms with van der Waals surface area (Å²) in [5.41, 5.74) is 4.36. The Balaban J connectivity index is 1.82. The van der Waals surface area contributed by atoms with Gasteiger partial charge in [-0.3, -0.25) is 9.91 Å². The van der Waals surface area contributed by atoms with E-state index < -0.39 is 30.5 Å². The Morgan fingerprint density at radius 3 is 2.23 bits per heavy atom. The summed E-state index contributed by atoms with van der Waals surface area (Å²) >= 11 is 0. The van der Waals surface area contributed by atoms with Gasteiger partial charge in [-0.25, -0.2) is 14.0 Å². The monoisotopic (exact) mass is 502 g/mol. The van der Waals surface area contributed by atoms with E-state index in [-0.39, 0.29) is 51.0 Å². The van der Waals surface area contributed by atoms with Gasteiger partial charge in [-0.05, 0) is 39.3 Å². The number of esters is 2. The lowest BCUT2D eigenvalue weighted by atomic mass is 10.1. The number of piperazine rings is 1. The van der Waals surface area contributed by atoms with Crippen LogP contribution in [0.15, 0.2) is 23.9 Å². The lowest BCUT2D eigenvalue weighted by Gasteiger charge is -2.37. The molecule has 1 N–H and O–H groups in total. The van der Waals surface area contributed by atoms with Gasteiger partial charge in [0.05, 0.1) is 37.2 Å². The number of ether oxygens (including phenoxy) is 2. The fourth-order valence-electron chi connectivity index (χ4n) is 4.32. The van der Waals surface area contributed by atoms with Gasteiger partial charge in [-0.2, -0.15) is 13.2 Å². The van der Waals surface area contributed by atoms with E-state index in [4.69, 9.17) is 9.47 Å². The van der Waals surface area contributed by atoms with Crippen LogP contribution in [-0.2, 0) is 25.5 Å². The van der Waals surface area contributed by atoms with E-state index in [1.165, 1.54) is 17.2 Å². The second-order valence-corrected chi connectivity index (χ2v) is 8.32. The molecule has 2 aliphatic heterocycles. The number of benzene rings is 1. The van der Waals surface area contributed by atoms with Crippen LogP contribution in [0.5, 0.6) is 0 Å². The van der Waals surface area contributed by atoms with Gasteiger partial charge in [-0.1, -0.05) is 0 Å². The number of alkyl halides is 3. The molecule has 0 saturated carbocycles. The van der Waals surface area contributed by atoms with Crippen LogP contribution in [0.1, 0.15) is 26.3 Å². The SMILES string of the molecule is CCOC(=O)C(=CNN1c2ccc(F)c(N3CCN(CC(F)(F)F)CC3)c2CC1C)C(=O)OCC. The summed E-state index contributed by atoms with van der Waals surface area (Å²) in [6.07, 6.45) is -2.61. The zero-order valence-electron chi connectivity index (χ0n) is 20.0. The van der Waals surface area contributed by atoms with Crippen molar-refractivity contribution in [3.8, 4) is 0 Å². The van der Waals surface area contributed by atoms with Gasteiger partial charge in [-0.15, -0.1) is 0 Å². The van der Waals surface area contributed by atoms with Crippen molar-refractivity contribution in [1.29, 1.82) is 0 Å². The van der Waals surface area contributed by atoms with E-state index in [1.54, 1.807) is 29.8 Å². The van der Waals surface area contributed by atoms with Gasteiger partial charge >= 0.3 is 18.1 Å². The Bertz CT molecular complexity index is 942. The lowest BCUT2D eigenvalue weighted by Crippen LogP contribution is -2.49. The minimum atomic E-state index is -4.28. The standard InChI is InChI=1S/C23H30F4N4O4/c1-4-34-21(32)17(22(33)35-5-2)13-28-31-15(3)12-16-19(31)7-6-18(24)20(16)30-10-8-29(9-11-30)14-23(25,26)27/h6-7,13,15,28H,4-5,8-12,14H2,1-3H3. The highest BCUT2D eigenvalue weighted by Crippen LogP contribution is 2.39. The number of fused-ring (bicyclic) bond motifs is 1. The molecule has 8 nitrogen and oxygen atoms in total. The number of halogens is 4. The number of nitrogens with zero attached hydrogens (tertiary/aromatic N) is 3. The molecule has 2 heterocycles. The molecular formula is C23H30F4N4O4. The quantitative estimate of drug-likeness (QED) is 0.191. The molecule has 1 atom stereocenters. The molecule has 3 rings (SSSR count). The number of nitrogens with one attached hydrogen (secondary N) is 1. The molecule has 0 spiro atoms. The van der Waals surface area contributed by atoms with Gasteiger partial charge in [0.25, 0.3) is 0 Å². The maximum absolute atomic E-state index is 14.9. The number of rotatable bonds is 8. The predicted octanol–water partition coefficient (Wildman–Crippen LogP) is 2.78. The molecule has 0 bridgehead atoms. The molecule has 0 aliphatic carbocycles. The van der Waals surface area contributed by atoms with E-state index >= 15 is 0 Å². The summed E-state index contributed by atoms with van der Waals surface area (Å²) < 4.78 is 63.0. The average molecular weight is 503 g/mol. The third kappa shape index (κ3) is 6.36. The van der Waals surface area contributed by atoms with Gasteiger partial charge < -0.3 is 19.8 Å². The lowest BCUT2D eigenvalue weighted by molar-refractivity contribution is -0.147. The first-order chi connectivity index (χ1) is 16.6. The largest absolute Gasteiger partial charge is 0.462 e. The number of carbonyl (C=O) groups excluding carboxylic acids is 2. The summed E-state index contributed by atoms with van der Waals surface area (Å²) in [6.45, 7) is 5.17. The molecule has 194 valence electrons. The van der Waals surface area contributed by atoms with Crippen molar-refractivity contribution in [3.63, 3.8) is 0 Å². The first kappa shape index (κ1) is 26.6.